The summed E-state index contributed by atoms with van der Waals surface area (Å²) in [5, 5.41) is 2.71. The number of fused-ring (bicyclic) bond motifs is 1. The second-order valence-electron chi connectivity index (χ2n) is 7.03. The number of amides is 2. The molecule has 2 aromatic carbocycles. The van der Waals surface area contributed by atoms with Crippen molar-refractivity contribution in [2.75, 3.05) is 32.1 Å². The Hall–Kier alpha value is -2.91. The third-order valence-electron chi connectivity index (χ3n) is 4.80. The highest BCUT2D eigenvalue weighted by Crippen LogP contribution is 2.31. The zero-order valence-electron chi connectivity index (χ0n) is 17.0. The topological polar surface area (TPSA) is 96.0 Å². The Kier molecular flexibility index (Phi) is 6.73. The molecule has 0 radical (unpaired) electrons. The first-order valence-electron chi connectivity index (χ1n) is 9.60. The van der Waals surface area contributed by atoms with Crippen LogP contribution in [-0.4, -0.2) is 51.8 Å². The smallest absolute Gasteiger partial charge is 0.242 e. The molecule has 3 rings (SSSR count). The molecule has 30 heavy (non-hydrogen) atoms. The van der Waals surface area contributed by atoms with Gasteiger partial charge in [0.05, 0.1) is 17.1 Å². The third-order valence-corrected chi connectivity index (χ3v) is 6.72. The number of para-hydroxylation sites is 2. The summed E-state index contributed by atoms with van der Waals surface area (Å²) >= 11 is 0. The van der Waals surface area contributed by atoms with Crippen molar-refractivity contribution in [3.8, 4) is 5.75 Å². The van der Waals surface area contributed by atoms with Crippen LogP contribution in [0.2, 0.25) is 0 Å². The van der Waals surface area contributed by atoms with E-state index in [4.69, 9.17) is 4.74 Å². The highest BCUT2D eigenvalue weighted by atomic mass is 32.2. The molecule has 9 heteroatoms. The Morgan fingerprint density at radius 1 is 1.07 bits per heavy atom. The lowest BCUT2D eigenvalue weighted by molar-refractivity contribution is -0.125. The van der Waals surface area contributed by atoms with Gasteiger partial charge in [0.15, 0.2) is 0 Å². The molecule has 2 amide bonds. The van der Waals surface area contributed by atoms with E-state index in [1.165, 1.54) is 20.2 Å². The SMILES string of the molecule is CN(C)S(=O)(=O)c1ccccc1CNC(=O)CCC(=O)N1CCOc2ccccc21. The Balaban J connectivity index is 1.58. The largest absolute Gasteiger partial charge is 0.490 e. The predicted molar refractivity (Wildman–Crippen MR) is 113 cm³/mol. The molecule has 1 aliphatic rings. The van der Waals surface area contributed by atoms with Gasteiger partial charge in [-0.15, -0.1) is 0 Å². The maximum absolute atomic E-state index is 12.6. The van der Waals surface area contributed by atoms with Crippen LogP contribution in [0.4, 0.5) is 5.69 Å². The second kappa shape index (κ2) is 9.27. The molecule has 160 valence electrons. The van der Waals surface area contributed by atoms with Crippen molar-refractivity contribution in [2.45, 2.75) is 24.3 Å². The van der Waals surface area contributed by atoms with Crippen LogP contribution in [0.25, 0.3) is 0 Å². The lowest BCUT2D eigenvalue weighted by Crippen LogP contribution is -2.38. The van der Waals surface area contributed by atoms with Crippen molar-refractivity contribution in [2.24, 2.45) is 0 Å². The molecule has 1 aliphatic heterocycles. The lowest BCUT2D eigenvalue weighted by atomic mass is 10.2. The normalized spacial score (nSPS) is 13.5. The van der Waals surface area contributed by atoms with Crippen molar-refractivity contribution in [3.05, 3.63) is 54.1 Å². The van der Waals surface area contributed by atoms with Crippen LogP contribution in [0.1, 0.15) is 18.4 Å². The molecule has 0 fully saturated rings. The standard InChI is InChI=1S/C21H25N3O5S/c1-23(2)30(27,28)19-10-6-3-7-16(19)15-22-20(25)11-12-21(26)24-13-14-29-18-9-5-4-8-17(18)24/h3-10H,11-15H2,1-2H3,(H,22,25). The molecule has 0 saturated carbocycles. The molecule has 0 atom stereocenters. The van der Waals surface area contributed by atoms with Crippen LogP contribution in [0.15, 0.2) is 53.4 Å². The summed E-state index contributed by atoms with van der Waals surface area (Å²) in [5.74, 6) is 0.179. The Labute approximate surface area is 176 Å². The molecular formula is C21H25N3O5S. The van der Waals surface area contributed by atoms with Gasteiger partial charge in [0, 0.05) is 33.5 Å². The van der Waals surface area contributed by atoms with Gasteiger partial charge in [-0.3, -0.25) is 9.59 Å². The molecule has 0 aliphatic carbocycles. The number of hydrogen-bond donors (Lipinski definition) is 1. The molecule has 0 unspecified atom stereocenters. The van der Waals surface area contributed by atoms with E-state index < -0.39 is 10.0 Å². The highest BCUT2D eigenvalue weighted by Gasteiger charge is 2.24. The van der Waals surface area contributed by atoms with Crippen LogP contribution < -0.4 is 15.0 Å². The first-order valence-corrected chi connectivity index (χ1v) is 11.0. The molecule has 0 aromatic heterocycles. The summed E-state index contributed by atoms with van der Waals surface area (Å²) < 4.78 is 31.6. The van der Waals surface area contributed by atoms with E-state index in [2.05, 4.69) is 5.32 Å². The summed E-state index contributed by atoms with van der Waals surface area (Å²) in [6, 6.07) is 13.8. The van der Waals surface area contributed by atoms with Crippen LogP contribution in [0.3, 0.4) is 0 Å². The Bertz CT molecular complexity index is 1040. The van der Waals surface area contributed by atoms with Crippen molar-refractivity contribution in [1.29, 1.82) is 0 Å². The summed E-state index contributed by atoms with van der Waals surface area (Å²) in [6.45, 7) is 0.913. The maximum Gasteiger partial charge on any atom is 0.242 e. The molecule has 1 N–H and O–H groups in total. The number of nitrogens with one attached hydrogen (secondary N) is 1. The van der Waals surface area contributed by atoms with Crippen LogP contribution in [-0.2, 0) is 26.2 Å². The van der Waals surface area contributed by atoms with Crippen LogP contribution in [0.5, 0.6) is 5.75 Å². The van der Waals surface area contributed by atoms with Crippen LogP contribution >= 0.6 is 0 Å². The van der Waals surface area contributed by atoms with Crippen molar-refractivity contribution in [3.63, 3.8) is 0 Å². The van der Waals surface area contributed by atoms with Gasteiger partial charge < -0.3 is 15.0 Å². The van der Waals surface area contributed by atoms with Gasteiger partial charge in [0.1, 0.15) is 12.4 Å². The first-order chi connectivity index (χ1) is 14.3. The number of carbonyl (C=O) groups excluding carboxylic acids is 2. The van der Waals surface area contributed by atoms with Gasteiger partial charge in [-0.1, -0.05) is 30.3 Å². The minimum absolute atomic E-state index is 0.0148. The van der Waals surface area contributed by atoms with Crippen molar-refractivity contribution in [1.82, 2.24) is 9.62 Å². The van der Waals surface area contributed by atoms with E-state index in [0.29, 0.717) is 30.2 Å². The van der Waals surface area contributed by atoms with Gasteiger partial charge in [-0.25, -0.2) is 12.7 Å². The average molecular weight is 432 g/mol. The lowest BCUT2D eigenvalue weighted by Gasteiger charge is -2.29. The molecule has 0 spiro atoms. The number of sulfonamides is 1. The Morgan fingerprint density at radius 3 is 2.53 bits per heavy atom. The first kappa shape index (κ1) is 21.8. The molecule has 2 aromatic rings. The average Bonchev–Trinajstić information content (AvgIpc) is 2.75. The fourth-order valence-electron chi connectivity index (χ4n) is 3.16. The number of carbonyl (C=O) groups is 2. The molecular weight excluding hydrogens is 406 g/mol. The van der Waals surface area contributed by atoms with E-state index in [0.717, 1.165) is 4.31 Å². The van der Waals surface area contributed by atoms with E-state index in [-0.39, 0.29) is 36.1 Å². The quantitative estimate of drug-likeness (QED) is 0.721. The zero-order valence-corrected chi connectivity index (χ0v) is 17.8. The second-order valence-corrected chi connectivity index (χ2v) is 9.15. The maximum atomic E-state index is 12.6. The summed E-state index contributed by atoms with van der Waals surface area (Å²) in [4.78, 5) is 26.7. The minimum Gasteiger partial charge on any atom is -0.490 e. The number of benzene rings is 2. The summed E-state index contributed by atoms with van der Waals surface area (Å²) in [7, 11) is -0.698. The van der Waals surface area contributed by atoms with Gasteiger partial charge in [0.2, 0.25) is 21.8 Å². The Morgan fingerprint density at radius 2 is 1.77 bits per heavy atom. The molecule has 8 nitrogen and oxygen atoms in total. The molecule has 0 saturated heterocycles. The summed E-state index contributed by atoms with van der Waals surface area (Å²) in [5.41, 5.74) is 1.20. The van der Waals surface area contributed by atoms with Crippen LogP contribution in [0, 0.1) is 0 Å². The number of anilines is 1. The van der Waals surface area contributed by atoms with E-state index >= 15 is 0 Å². The van der Waals surface area contributed by atoms with Gasteiger partial charge in [-0.05, 0) is 23.8 Å². The fourth-order valence-corrected chi connectivity index (χ4v) is 4.28. The number of ether oxygens (including phenoxy) is 1. The van der Waals surface area contributed by atoms with Crippen molar-refractivity contribution < 1.29 is 22.7 Å². The summed E-state index contributed by atoms with van der Waals surface area (Å²) in [6.07, 6.45) is 0.0682. The van der Waals surface area contributed by atoms with Gasteiger partial charge in [-0.2, -0.15) is 0 Å². The van der Waals surface area contributed by atoms with E-state index in [9.17, 15) is 18.0 Å². The predicted octanol–water partition coefficient (Wildman–Crippen LogP) is 1.76. The highest BCUT2D eigenvalue weighted by molar-refractivity contribution is 7.89. The fraction of sp³-hybridized carbons (Fsp3) is 0.333. The number of nitrogens with zero attached hydrogens (tertiary/aromatic N) is 2. The molecule has 1 heterocycles. The zero-order chi connectivity index (χ0) is 21.7. The van der Waals surface area contributed by atoms with Crippen molar-refractivity contribution >= 4 is 27.5 Å². The number of rotatable bonds is 7. The molecule has 0 bridgehead atoms. The number of hydrogen-bond acceptors (Lipinski definition) is 5. The minimum atomic E-state index is -3.61. The monoisotopic (exact) mass is 431 g/mol. The third kappa shape index (κ3) is 4.80. The van der Waals surface area contributed by atoms with Gasteiger partial charge >= 0.3 is 0 Å². The van der Waals surface area contributed by atoms with E-state index in [1.807, 2.05) is 18.2 Å². The van der Waals surface area contributed by atoms with Gasteiger partial charge in [0.25, 0.3) is 0 Å². The van der Waals surface area contributed by atoms with E-state index in [1.54, 1.807) is 29.2 Å².